The first-order valence-corrected chi connectivity index (χ1v) is 7.55. The van der Waals surface area contributed by atoms with Crippen molar-refractivity contribution in [3.63, 3.8) is 0 Å². The molecule has 1 amide bonds. The maximum absolute atomic E-state index is 12.1. The summed E-state index contributed by atoms with van der Waals surface area (Å²) in [6, 6.07) is 4.04. The fraction of sp³-hybridized carbons (Fsp3) is 0.615. The van der Waals surface area contributed by atoms with E-state index in [0.717, 1.165) is 19.4 Å². The first-order valence-electron chi connectivity index (χ1n) is 6.23. The van der Waals surface area contributed by atoms with Gasteiger partial charge in [-0.25, -0.2) is 0 Å². The molecular formula is C13H18ClNO2S. The molecule has 18 heavy (non-hydrogen) atoms. The van der Waals surface area contributed by atoms with Crippen LogP contribution in [0.5, 0.6) is 0 Å². The summed E-state index contributed by atoms with van der Waals surface area (Å²) in [7, 11) is 0. The molecule has 2 atom stereocenters. The topological polar surface area (TPSA) is 29.5 Å². The fourth-order valence-electron chi connectivity index (χ4n) is 2.11. The second-order valence-electron chi connectivity index (χ2n) is 4.55. The molecule has 0 aliphatic carbocycles. The highest BCUT2D eigenvalue weighted by Gasteiger charge is 2.25. The van der Waals surface area contributed by atoms with Crippen molar-refractivity contribution < 1.29 is 9.53 Å². The number of carbonyl (C=O) groups excluding carboxylic acids is 1. The summed E-state index contributed by atoms with van der Waals surface area (Å²) in [6.45, 7) is 3.81. The van der Waals surface area contributed by atoms with Crippen molar-refractivity contribution in [3.05, 3.63) is 22.4 Å². The lowest BCUT2D eigenvalue weighted by atomic mass is 10.2. The van der Waals surface area contributed by atoms with Crippen molar-refractivity contribution >= 4 is 28.8 Å². The quantitative estimate of drug-likeness (QED) is 0.780. The smallest absolute Gasteiger partial charge is 0.240 e. The summed E-state index contributed by atoms with van der Waals surface area (Å²) in [5.74, 6) is -0.0134. The van der Waals surface area contributed by atoms with E-state index in [2.05, 4.69) is 0 Å². The molecule has 1 aliphatic heterocycles. The zero-order chi connectivity index (χ0) is 13.0. The Labute approximate surface area is 117 Å². The molecule has 1 saturated heterocycles. The number of ether oxygens (including phenoxy) is 1. The molecule has 1 aliphatic rings. The average Bonchev–Trinajstić information content (AvgIpc) is 2.99. The minimum Gasteiger partial charge on any atom is -0.376 e. The molecule has 1 aromatic rings. The Kier molecular flexibility index (Phi) is 5.03. The maximum atomic E-state index is 12.1. The first kappa shape index (κ1) is 13.8. The largest absolute Gasteiger partial charge is 0.376 e. The Balaban J connectivity index is 1.99. The summed E-state index contributed by atoms with van der Waals surface area (Å²) >= 11 is 7.58. The molecule has 2 rings (SSSR count). The number of rotatable bonds is 5. The monoisotopic (exact) mass is 287 g/mol. The van der Waals surface area contributed by atoms with Gasteiger partial charge in [-0.15, -0.1) is 22.9 Å². The van der Waals surface area contributed by atoms with Crippen LogP contribution in [0.4, 0.5) is 0 Å². The van der Waals surface area contributed by atoms with Gasteiger partial charge in [0, 0.05) is 18.0 Å². The van der Waals surface area contributed by atoms with Crippen LogP contribution in [0.15, 0.2) is 17.5 Å². The summed E-state index contributed by atoms with van der Waals surface area (Å²) in [4.78, 5) is 15.1. The van der Waals surface area contributed by atoms with Crippen molar-refractivity contribution in [3.8, 4) is 0 Å². The molecular weight excluding hydrogens is 270 g/mol. The standard InChI is InChI=1S/C13H18ClNO2S/c1-10(14)13(16)15(8-11-4-2-6-17-11)9-12-5-3-7-18-12/h3,5,7,10-11H,2,4,6,8-9H2,1H3. The van der Waals surface area contributed by atoms with Gasteiger partial charge in [0.1, 0.15) is 5.38 Å². The molecule has 0 saturated carbocycles. The van der Waals surface area contributed by atoms with Crippen LogP contribution in [0, 0.1) is 0 Å². The third-order valence-corrected chi connectivity index (χ3v) is 4.07. The van der Waals surface area contributed by atoms with E-state index in [-0.39, 0.29) is 12.0 Å². The molecule has 3 nitrogen and oxygen atoms in total. The molecule has 5 heteroatoms. The Morgan fingerprint density at radius 1 is 1.72 bits per heavy atom. The fourth-order valence-corrected chi connectivity index (χ4v) is 2.97. The Bertz CT molecular complexity index is 374. The van der Waals surface area contributed by atoms with Crippen LogP contribution in [-0.4, -0.2) is 35.4 Å². The maximum Gasteiger partial charge on any atom is 0.240 e. The van der Waals surface area contributed by atoms with Crippen LogP contribution >= 0.6 is 22.9 Å². The lowest BCUT2D eigenvalue weighted by molar-refractivity contribution is -0.132. The van der Waals surface area contributed by atoms with Crippen LogP contribution < -0.4 is 0 Å². The first-order chi connectivity index (χ1) is 8.66. The van der Waals surface area contributed by atoms with E-state index in [4.69, 9.17) is 16.3 Å². The number of amides is 1. The van der Waals surface area contributed by atoms with Gasteiger partial charge in [0.2, 0.25) is 5.91 Å². The van der Waals surface area contributed by atoms with E-state index in [1.165, 1.54) is 4.88 Å². The normalized spacial score (nSPS) is 20.9. The Hall–Kier alpha value is -0.580. The van der Waals surface area contributed by atoms with Crippen LogP contribution in [-0.2, 0) is 16.1 Å². The van der Waals surface area contributed by atoms with E-state index < -0.39 is 5.38 Å². The molecule has 0 spiro atoms. The van der Waals surface area contributed by atoms with Gasteiger partial charge in [-0.3, -0.25) is 4.79 Å². The zero-order valence-corrected chi connectivity index (χ0v) is 12.0. The summed E-state index contributed by atoms with van der Waals surface area (Å²) in [5, 5.41) is 1.54. The van der Waals surface area contributed by atoms with E-state index in [0.29, 0.717) is 13.1 Å². The summed E-state index contributed by atoms with van der Waals surface area (Å²) < 4.78 is 5.60. The number of halogens is 1. The van der Waals surface area contributed by atoms with Gasteiger partial charge in [0.25, 0.3) is 0 Å². The second-order valence-corrected chi connectivity index (χ2v) is 6.24. The van der Waals surface area contributed by atoms with Crippen molar-refractivity contribution in [2.45, 2.75) is 37.8 Å². The summed E-state index contributed by atoms with van der Waals surface area (Å²) in [5.41, 5.74) is 0. The van der Waals surface area contributed by atoms with Crippen molar-refractivity contribution in [2.75, 3.05) is 13.2 Å². The van der Waals surface area contributed by atoms with Gasteiger partial charge >= 0.3 is 0 Å². The number of hydrogen-bond acceptors (Lipinski definition) is 3. The molecule has 2 unspecified atom stereocenters. The lowest BCUT2D eigenvalue weighted by Crippen LogP contribution is -2.40. The van der Waals surface area contributed by atoms with Crippen LogP contribution in [0.3, 0.4) is 0 Å². The third kappa shape index (κ3) is 3.70. The average molecular weight is 288 g/mol. The predicted molar refractivity (Wildman–Crippen MR) is 74.0 cm³/mol. The van der Waals surface area contributed by atoms with Gasteiger partial charge in [-0.05, 0) is 31.2 Å². The highest BCUT2D eigenvalue weighted by Crippen LogP contribution is 2.18. The molecule has 1 fully saturated rings. The molecule has 2 heterocycles. The van der Waals surface area contributed by atoms with Crippen LogP contribution in [0.1, 0.15) is 24.6 Å². The van der Waals surface area contributed by atoms with Gasteiger partial charge in [-0.1, -0.05) is 6.07 Å². The Morgan fingerprint density at radius 2 is 2.56 bits per heavy atom. The number of nitrogens with zero attached hydrogens (tertiary/aromatic N) is 1. The third-order valence-electron chi connectivity index (χ3n) is 3.03. The highest BCUT2D eigenvalue weighted by atomic mass is 35.5. The number of hydrogen-bond donors (Lipinski definition) is 0. The molecule has 0 aromatic carbocycles. The van der Waals surface area contributed by atoms with Gasteiger partial charge < -0.3 is 9.64 Å². The highest BCUT2D eigenvalue weighted by molar-refractivity contribution is 7.09. The number of alkyl halides is 1. The number of thiophene rings is 1. The van der Waals surface area contributed by atoms with E-state index in [1.54, 1.807) is 18.3 Å². The zero-order valence-electron chi connectivity index (χ0n) is 10.5. The second kappa shape index (κ2) is 6.55. The SMILES string of the molecule is CC(Cl)C(=O)N(Cc1cccs1)CC1CCCO1. The minimum atomic E-state index is -0.480. The van der Waals surface area contributed by atoms with Gasteiger partial charge in [0.05, 0.1) is 12.6 Å². The molecule has 0 N–H and O–H groups in total. The van der Waals surface area contributed by atoms with Gasteiger partial charge in [-0.2, -0.15) is 0 Å². The molecule has 0 bridgehead atoms. The molecule has 100 valence electrons. The number of carbonyl (C=O) groups is 1. The molecule has 0 radical (unpaired) electrons. The van der Waals surface area contributed by atoms with E-state index >= 15 is 0 Å². The van der Waals surface area contributed by atoms with Crippen LogP contribution in [0.25, 0.3) is 0 Å². The predicted octanol–water partition coefficient (Wildman–Crippen LogP) is 2.88. The van der Waals surface area contributed by atoms with Crippen molar-refractivity contribution in [1.82, 2.24) is 4.90 Å². The Morgan fingerprint density at radius 3 is 3.11 bits per heavy atom. The lowest BCUT2D eigenvalue weighted by Gasteiger charge is -2.26. The van der Waals surface area contributed by atoms with E-state index in [1.807, 2.05) is 22.4 Å². The molecule has 1 aromatic heterocycles. The van der Waals surface area contributed by atoms with Crippen LogP contribution in [0.2, 0.25) is 0 Å². The summed E-state index contributed by atoms with van der Waals surface area (Å²) in [6.07, 6.45) is 2.29. The van der Waals surface area contributed by atoms with E-state index in [9.17, 15) is 4.79 Å². The van der Waals surface area contributed by atoms with Gasteiger partial charge in [0.15, 0.2) is 0 Å². The van der Waals surface area contributed by atoms with Crippen molar-refractivity contribution in [1.29, 1.82) is 0 Å². The minimum absolute atomic E-state index is 0.0134. The van der Waals surface area contributed by atoms with Crippen molar-refractivity contribution in [2.24, 2.45) is 0 Å².